The molecule has 1 unspecified atom stereocenters. The standard InChI is InChI=1S/C21H20N2O4S/c1-14(20(24)23-17-6-3-4-7-18(17)26-2)28-16-11-9-15(10-12-16)22-21(25)19-8-5-13-27-19/h3-14H,1-2H3,(H,22,25)(H,23,24). The van der Waals surface area contributed by atoms with E-state index < -0.39 is 0 Å². The predicted octanol–water partition coefficient (Wildman–Crippen LogP) is 4.66. The Morgan fingerprint density at radius 3 is 2.43 bits per heavy atom. The normalized spacial score (nSPS) is 11.5. The Labute approximate surface area is 167 Å². The van der Waals surface area contributed by atoms with E-state index in [0.717, 1.165) is 4.90 Å². The molecule has 144 valence electrons. The van der Waals surface area contributed by atoms with Crippen LogP contribution in [0.1, 0.15) is 17.5 Å². The Morgan fingerprint density at radius 2 is 1.75 bits per heavy atom. The summed E-state index contributed by atoms with van der Waals surface area (Å²) in [5, 5.41) is 5.33. The third-order valence-corrected chi connectivity index (χ3v) is 5.02. The lowest BCUT2D eigenvalue weighted by Gasteiger charge is -2.14. The second kappa shape index (κ2) is 9.14. The van der Waals surface area contributed by atoms with Gasteiger partial charge < -0.3 is 19.8 Å². The molecule has 0 bridgehead atoms. The second-order valence-corrected chi connectivity index (χ2v) is 7.32. The molecule has 2 N–H and O–H groups in total. The van der Waals surface area contributed by atoms with Gasteiger partial charge in [0.25, 0.3) is 5.91 Å². The summed E-state index contributed by atoms with van der Waals surface area (Å²) in [7, 11) is 1.56. The Bertz CT molecular complexity index is 939. The molecule has 1 atom stereocenters. The number of rotatable bonds is 7. The van der Waals surface area contributed by atoms with Gasteiger partial charge >= 0.3 is 0 Å². The maximum Gasteiger partial charge on any atom is 0.291 e. The van der Waals surface area contributed by atoms with E-state index >= 15 is 0 Å². The first-order valence-corrected chi connectivity index (χ1v) is 9.50. The van der Waals surface area contributed by atoms with Crippen LogP contribution in [0.15, 0.2) is 76.2 Å². The highest BCUT2D eigenvalue weighted by atomic mass is 32.2. The van der Waals surface area contributed by atoms with E-state index in [9.17, 15) is 9.59 Å². The molecule has 0 aliphatic carbocycles. The van der Waals surface area contributed by atoms with Crippen LogP contribution in [0.25, 0.3) is 0 Å². The SMILES string of the molecule is COc1ccccc1NC(=O)C(C)Sc1ccc(NC(=O)c2ccco2)cc1. The molecule has 1 aromatic heterocycles. The molecule has 2 aromatic carbocycles. The van der Waals surface area contributed by atoms with E-state index in [0.29, 0.717) is 17.1 Å². The van der Waals surface area contributed by atoms with Crippen LogP contribution in [-0.4, -0.2) is 24.2 Å². The van der Waals surface area contributed by atoms with Gasteiger partial charge in [0.05, 0.1) is 24.3 Å². The molecule has 0 aliphatic rings. The largest absolute Gasteiger partial charge is 0.495 e. The molecule has 0 fully saturated rings. The number of hydrogen-bond acceptors (Lipinski definition) is 5. The van der Waals surface area contributed by atoms with Gasteiger partial charge in [0.15, 0.2) is 5.76 Å². The Hall–Kier alpha value is -3.19. The number of furan rings is 1. The van der Waals surface area contributed by atoms with Gasteiger partial charge in [0, 0.05) is 10.6 Å². The minimum Gasteiger partial charge on any atom is -0.495 e. The van der Waals surface area contributed by atoms with Crippen LogP contribution in [0.5, 0.6) is 5.75 Å². The average molecular weight is 396 g/mol. The van der Waals surface area contributed by atoms with Crippen LogP contribution in [0.4, 0.5) is 11.4 Å². The van der Waals surface area contributed by atoms with Gasteiger partial charge in [-0.25, -0.2) is 0 Å². The number of methoxy groups -OCH3 is 1. The second-order valence-electron chi connectivity index (χ2n) is 5.91. The monoisotopic (exact) mass is 396 g/mol. The third-order valence-electron chi connectivity index (χ3n) is 3.90. The summed E-state index contributed by atoms with van der Waals surface area (Å²) in [4.78, 5) is 25.4. The number of benzene rings is 2. The van der Waals surface area contributed by atoms with E-state index in [-0.39, 0.29) is 22.8 Å². The molecular weight excluding hydrogens is 376 g/mol. The predicted molar refractivity (Wildman–Crippen MR) is 110 cm³/mol. The average Bonchev–Trinajstić information content (AvgIpc) is 3.25. The highest BCUT2D eigenvalue weighted by molar-refractivity contribution is 8.00. The highest BCUT2D eigenvalue weighted by Gasteiger charge is 2.16. The van der Waals surface area contributed by atoms with Crippen molar-refractivity contribution in [2.75, 3.05) is 17.7 Å². The minimum absolute atomic E-state index is 0.121. The summed E-state index contributed by atoms with van der Waals surface area (Å²) in [5.74, 6) is 0.435. The lowest BCUT2D eigenvalue weighted by atomic mass is 10.3. The van der Waals surface area contributed by atoms with Gasteiger partial charge in [0.2, 0.25) is 5.91 Å². The van der Waals surface area contributed by atoms with Crippen molar-refractivity contribution in [1.82, 2.24) is 0 Å². The number of anilines is 2. The van der Waals surface area contributed by atoms with Crippen LogP contribution >= 0.6 is 11.8 Å². The minimum atomic E-state index is -0.312. The fraction of sp³-hybridized carbons (Fsp3) is 0.143. The molecule has 6 nitrogen and oxygen atoms in total. The molecule has 28 heavy (non-hydrogen) atoms. The molecule has 0 spiro atoms. The molecule has 7 heteroatoms. The summed E-state index contributed by atoms with van der Waals surface area (Å²) in [6.07, 6.45) is 1.45. The van der Waals surface area contributed by atoms with Gasteiger partial charge in [0.1, 0.15) is 5.75 Å². The van der Waals surface area contributed by atoms with E-state index in [1.165, 1.54) is 18.0 Å². The lowest BCUT2D eigenvalue weighted by molar-refractivity contribution is -0.115. The van der Waals surface area contributed by atoms with Gasteiger partial charge in [-0.05, 0) is 55.5 Å². The van der Waals surface area contributed by atoms with E-state index in [1.54, 1.807) is 43.5 Å². The quantitative estimate of drug-likeness (QED) is 0.568. The zero-order valence-corrected chi connectivity index (χ0v) is 16.3. The first-order chi connectivity index (χ1) is 13.6. The summed E-state index contributed by atoms with van der Waals surface area (Å²) in [6, 6.07) is 17.8. The van der Waals surface area contributed by atoms with Crippen molar-refractivity contribution in [3.05, 3.63) is 72.7 Å². The number of nitrogens with one attached hydrogen (secondary N) is 2. The number of carbonyl (C=O) groups excluding carboxylic acids is 2. The Kier molecular flexibility index (Phi) is 6.39. The van der Waals surface area contributed by atoms with Crippen molar-refractivity contribution in [2.24, 2.45) is 0 Å². The molecule has 0 saturated heterocycles. The molecule has 3 aromatic rings. The van der Waals surface area contributed by atoms with Crippen LogP contribution in [0, 0.1) is 0 Å². The van der Waals surface area contributed by atoms with Crippen LogP contribution in [0.3, 0.4) is 0 Å². The Morgan fingerprint density at radius 1 is 1.00 bits per heavy atom. The number of para-hydroxylation sites is 2. The smallest absolute Gasteiger partial charge is 0.291 e. The highest BCUT2D eigenvalue weighted by Crippen LogP contribution is 2.28. The molecule has 2 amide bonds. The van der Waals surface area contributed by atoms with E-state index in [4.69, 9.17) is 9.15 Å². The van der Waals surface area contributed by atoms with Crippen molar-refractivity contribution in [3.8, 4) is 5.75 Å². The summed E-state index contributed by atoms with van der Waals surface area (Å²) in [5.41, 5.74) is 1.29. The van der Waals surface area contributed by atoms with Crippen molar-refractivity contribution in [1.29, 1.82) is 0 Å². The first kappa shape index (κ1) is 19.6. The van der Waals surface area contributed by atoms with Crippen molar-refractivity contribution in [2.45, 2.75) is 17.1 Å². The van der Waals surface area contributed by atoms with Gasteiger partial charge in [-0.3, -0.25) is 9.59 Å². The zero-order valence-electron chi connectivity index (χ0n) is 15.5. The molecule has 0 aliphatic heterocycles. The fourth-order valence-electron chi connectivity index (χ4n) is 2.46. The van der Waals surface area contributed by atoms with Crippen LogP contribution < -0.4 is 15.4 Å². The maximum atomic E-state index is 12.5. The lowest BCUT2D eigenvalue weighted by Crippen LogP contribution is -2.22. The summed E-state index contributed by atoms with van der Waals surface area (Å²) >= 11 is 1.43. The topological polar surface area (TPSA) is 80.6 Å². The number of carbonyl (C=O) groups is 2. The van der Waals surface area contributed by atoms with Crippen LogP contribution in [0.2, 0.25) is 0 Å². The van der Waals surface area contributed by atoms with E-state index in [1.807, 2.05) is 31.2 Å². The molecule has 0 saturated carbocycles. The third kappa shape index (κ3) is 4.95. The van der Waals surface area contributed by atoms with Crippen molar-refractivity contribution >= 4 is 35.0 Å². The Balaban J connectivity index is 1.57. The first-order valence-electron chi connectivity index (χ1n) is 8.62. The number of thioether (sulfide) groups is 1. The number of ether oxygens (including phenoxy) is 1. The number of amides is 2. The summed E-state index contributed by atoms with van der Waals surface area (Å²) < 4.78 is 10.3. The van der Waals surface area contributed by atoms with Crippen LogP contribution in [-0.2, 0) is 4.79 Å². The van der Waals surface area contributed by atoms with Gasteiger partial charge in [-0.15, -0.1) is 11.8 Å². The van der Waals surface area contributed by atoms with Crippen molar-refractivity contribution < 1.29 is 18.7 Å². The van der Waals surface area contributed by atoms with Gasteiger partial charge in [-0.1, -0.05) is 12.1 Å². The molecule has 1 heterocycles. The molecule has 0 radical (unpaired) electrons. The number of hydrogen-bond donors (Lipinski definition) is 2. The molecular formula is C21H20N2O4S. The van der Waals surface area contributed by atoms with Crippen molar-refractivity contribution in [3.63, 3.8) is 0 Å². The van der Waals surface area contributed by atoms with Gasteiger partial charge in [-0.2, -0.15) is 0 Å². The maximum absolute atomic E-state index is 12.5. The fourth-order valence-corrected chi connectivity index (χ4v) is 3.32. The van der Waals surface area contributed by atoms with E-state index in [2.05, 4.69) is 10.6 Å². The summed E-state index contributed by atoms with van der Waals surface area (Å²) in [6.45, 7) is 1.84. The zero-order chi connectivity index (χ0) is 19.9. The molecule has 3 rings (SSSR count).